The Labute approximate surface area is 107 Å². The number of rotatable bonds is 7. The molecule has 5 heteroatoms. The van der Waals surface area contributed by atoms with Gasteiger partial charge in [0.25, 0.3) is 10.1 Å². The molecule has 0 radical (unpaired) electrons. The molecule has 0 heterocycles. The molecule has 0 rings (SSSR count). The summed E-state index contributed by atoms with van der Waals surface area (Å²) in [7, 11) is -3.69. The van der Waals surface area contributed by atoms with Gasteiger partial charge in [-0.25, -0.2) is 0 Å². The molecular formula is C12H30NO3S+. The molecule has 0 atom stereocenters. The lowest BCUT2D eigenvalue weighted by atomic mass is 10.3. The lowest BCUT2D eigenvalue weighted by Crippen LogP contribution is -2.47. The lowest BCUT2D eigenvalue weighted by Gasteiger charge is -2.34. The third-order valence-electron chi connectivity index (χ3n) is 3.44. The molecule has 0 bridgehead atoms. The third-order valence-corrected chi connectivity index (χ3v) is 4.24. The molecule has 0 unspecified atom stereocenters. The van der Waals surface area contributed by atoms with Gasteiger partial charge in [-0.1, -0.05) is 13.3 Å². The van der Waals surface area contributed by atoms with Gasteiger partial charge < -0.3 is 4.48 Å². The van der Waals surface area contributed by atoms with Gasteiger partial charge in [-0.15, -0.1) is 0 Å². The van der Waals surface area contributed by atoms with E-state index in [4.69, 9.17) is 4.55 Å². The monoisotopic (exact) mass is 268 g/mol. The zero-order valence-corrected chi connectivity index (χ0v) is 12.9. The van der Waals surface area contributed by atoms with Crippen molar-refractivity contribution in [2.75, 3.05) is 31.9 Å². The second kappa shape index (κ2) is 9.85. The molecule has 0 aliphatic heterocycles. The van der Waals surface area contributed by atoms with Crippen molar-refractivity contribution in [2.45, 2.75) is 47.5 Å². The highest BCUT2D eigenvalue weighted by Crippen LogP contribution is 2.03. The second-order valence-corrected chi connectivity index (χ2v) is 5.82. The van der Waals surface area contributed by atoms with E-state index in [1.165, 1.54) is 30.7 Å². The van der Waals surface area contributed by atoms with E-state index in [-0.39, 0.29) is 5.75 Å². The number of hydrogen-bond acceptors (Lipinski definition) is 2. The van der Waals surface area contributed by atoms with Crippen LogP contribution in [0.3, 0.4) is 0 Å². The molecule has 4 nitrogen and oxygen atoms in total. The number of nitrogens with zero attached hydrogens (tertiary/aromatic N) is 1. The van der Waals surface area contributed by atoms with E-state index in [2.05, 4.69) is 27.7 Å². The predicted molar refractivity (Wildman–Crippen MR) is 73.7 cm³/mol. The Hall–Kier alpha value is -0.130. The first-order chi connectivity index (χ1) is 7.80. The van der Waals surface area contributed by atoms with Crippen LogP contribution in [0.5, 0.6) is 0 Å². The van der Waals surface area contributed by atoms with Crippen LogP contribution >= 0.6 is 0 Å². The minimum Gasteiger partial charge on any atom is -0.325 e. The fourth-order valence-electron chi connectivity index (χ4n) is 1.67. The second-order valence-electron chi connectivity index (χ2n) is 4.25. The van der Waals surface area contributed by atoms with E-state index in [1.807, 2.05) is 6.92 Å². The molecule has 17 heavy (non-hydrogen) atoms. The highest BCUT2D eigenvalue weighted by atomic mass is 32.2. The Morgan fingerprint density at radius 3 is 1.29 bits per heavy atom. The summed E-state index contributed by atoms with van der Waals surface area (Å²) in [6, 6.07) is 0. The number of quaternary nitrogens is 1. The van der Waals surface area contributed by atoms with Crippen LogP contribution < -0.4 is 0 Å². The van der Waals surface area contributed by atoms with Crippen molar-refractivity contribution in [3.05, 3.63) is 0 Å². The van der Waals surface area contributed by atoms with Gasteiger partial charge >= 0.3 is 0 Å². The first-order valence-electron chi connectivity index (χ1n) is 6.61. The molecule has 0 saturated heterocycles. The van der Waals surface area contributed by atoms with E-state index < -0.39 is 10.1 Å². The quantitative estimate of drug-likeness (QED) is 0.570. The molecule has 0 spiro atoms. The Balaban J connectivity index is 0. The number of unbranched alkanes of at least 4 members (excludes halogenated alkanes) is 1. The molecule has 0 aromatic heterocycles. The lowest BCUT2D eigenvalue weighted by molar-refractivity contribution is -0.921. The van der Waals surface area contributed by atoms with Crippen LogP contribution in [-0.4, -0.2) is 49.4 Å². The number of hydrogen-bond donors (Lipinski definition) is 1. The van der Waals surface area contributed by atoms with Crippen LogP contribution in [0.4, 0.5) is 0 Å². The van der Waals surface area contributed by atoms with Gasteiger partial charge in [0.15, 0.2) is 0 Å². The Kier molecular flexibility index (Phi) is 11.1. The van der Waals surface area contributed by atoms with Crippen molar-refractivity contribution in [1.29, 1.82) is 0 Å². The summed E-state index contributed by atoms with van der Waals surface area (Å²) in [5, 5.41) is 0. The minimum absolute atomic E-state index is 0.108. The molecule has 0 aliphatic carbocycles. The summed E-state index contributed by atoms with van der Waals surface area (Å²) in [4.78, 5) is 0. The average Bonchev–Trinajstić information content (AvgIpc) is 2.30. The largest absolute Gasteiger partial charge is 0.325 e. The molecule has 1 N–H and O–H groups in total. The van der Waals surface area contributed by atoms with Crippen LogP contribution in [0.25, 0.3) is 0 Å². The van der Waals surface area contributed by atoms with Crippen molar-refractivity contribution >= 4 is 10.1 Å². The molecule has 0 aromatic rings. The van der Waals surface area contributed by atoms with Crippen LogP contribution in [-0.2, 0) is 10.1 Å². The van der Waals surface area contributed by atoms with E-state index >= 15 is 0 Å². The molecule has 0 amide bonds. The molecule has 0 fully saturated rings. The summed E-state index contributed by atoms with van der Waals surface area (Å²) in [5.41, 5.74) is 0. The molecule has 0 saturated carbocycles. The fraction of sp³-hybridized carbons (Fsp3) is 1.00. The maximum absolute atomic E-state index is 9.95. The van der Waals surface area contributed by atoms with E-state index in [0.29, 0.717) is 6.42 Å². The van der Waals surface area contributed by atoms with Gasteiger partial charge in [0.1, 0.15) is 0 Å². The zero-order valence-electron chi connectivity index (χ0n) is 12.1. The maximum atomic E-state index is 9.95. The average molecular weight is 268 g/mol. The van der Waals surface area contributed by atoms with Gasteiger partial charge in [0, 0.05) is 0 Å². The Morgan fingerprint density at radius 1 is 0.882 bits per heavy atom. The molecular weight excluding hydrogens is 238 g/mol. The van der Waals surface area contributed by atoms with Crippen LogP contribution in [0.1, 0.15) is 47.5 Å². The zero-order chi connectivity index (χ0) is 13.9. The van der Waals surface area contributed by atoms with Crippen molar-refractivity contribution in [2.24, 2.45) is 0 Å². The standard InChI is InChI=1S/C8H20N.C4H10O3S/c1-5-9(6-2,7-3)8-4;1-2-3-4-8(5,6)7/h5-8H2,1-4H3;2-4H2,1H3,(H,5,6,7)/q+1;. The topological polar surface area (TPSA) is 54.4 Å². The first-order valence-corrected chi connectivity index (χ1v) is 8.21. The molecule has 106 valence electrons. The van der Waals surface area contributed by atoms with E-state index in [1.54, 1.807) is 0 Å². The SMILES string of the molecule is CCCCS(=O)(=O)O.CC[N+](CC)(CC)CC. The van der Waals surface area contributed by atoms with Gasteiger partial charge in [0.05, 0.1) is 31.9 Å². The Bertz CT molecular complexity index is 241. The fourth-order valence-corrected chi connectivity index (χ4v) is 2.32. The van der Waals surface area contributed by atoms with Gasteiger partial charge in [-0.2, -0.15) is 8.42 Å². The Morgan fingerprint density at radius 2 is 1.24 bits per heavy atom. The van der Waals surface area contributed by atoms with Crippen molar-refractivity contribution in [3.8, 4) is 0 Å². The van der Waals surface area contributed by atoms with Gasteiger partial charge in [-0.3, -0.25) is 4.55 Å². The smallest absolute Gasteiger partial charge is 0.264 e. The maximum Gasteiger partial charge on any atom is 0.264 e. The van der Waals surface area contributed by atoms with Crippen molar-refractivity contribution < 1.29 is 17.5 Å². The van der Waals surface area contributed by atoms with E-state index in [0.717, 1.165) is 6.42 Å². The molecule has 0 aliphatic rings. The van der Waals surface area contributed by atoms with Crippen LogP contribution in [0.15, 0.2) is 0 Å². The van der Waals surface area contributed by atoms with Crippen LogP contribution in [0.2, 0.25) is 0 Å². The van der Waals surface area contributed by atoms with E-state index in [9.17, 15) is 8.42 Å². The highest BCUT2D eigenvalue weighted by Gasteiger charge is 2.16. The highest BCUT2D eigenvalue weighted by molar-refractivity contribution is 7.85. The normalized spacial score (nSPS) is 11.9. The first kappa shape index (κ1) is 19.2. The minimum atomic E-state index is -3.69. The van der Waals surface area contributed by atoms with Crippen molar-refractivity contribution in [3.63, 3.8) is 0 Å². The summed E-state index contributed by atoms with van der Waals surface area (Å²) in [5.74, 6) is -0.108. The third kappa shape index (κ3) is 10.7. The molecule has 0 aromatic carbocycles. The summed E-state index contributed by atoms with van der Waals surface area (Å²) in [6.07, 6.45) is 1.33. The van der Waals surface area contributed by atoms with Gasteiger partial charge in [0.2, 0.25) is 0 Å². The predicted octanol–water partition coefficient (Wildman–Crippen LogP) is 2.56. The van der Waals surface area contributed by atoms with Crippen LogP contribution in [0, 0.1) is 0 Å². The van der Waals surface area contributed by atoms with Crippen molar-refractivity contribution in [1.82, 2.24) is 0 Å². The summed E-state index contributed by atoms with van der Waals surface area (Å²) < 4.78 is 29.3. The summed E-state index contributed by atoms with van der Waals surface area (Å²) in [6.45, 7) is 16.1. The van der Waals surface area contributed by atoms with Gasteiger partial charge in [-0.05, 0) is 34.1 Å². The summed E-state index contributed by atoms with van der Waals surface area (Å²) >= 11 is 0.